The lowest BCUT2D eigenvalue weighted by molar-refractivity contribution is 0.250. The van der Waals surface area contributed by atoms with E-state index in [1.165, 1.54) is 11.1 Å². The zero-order valence-electron chi connectivity index (χ0n) is 18.2. The van der Waals surface area contributed by atoms with E-state index in [-0.39, 0.29) is 5.56 Å². The van der Waals surface area contributed by atoms with Gasteiger partial charge in [-0.3, -0.25) is 9.69 Å². The number of rotatable bonds is 3. The zero-order chi connectivity index (χ0) is 22.2. The van der Waals surface area contributed by atoms with Crippen molar-refractivity contribution in [3.63, 3.8) is 0 Å². The summed E-state index contributed by atoms with van der Waals surface area (Å²) in [6.07, 6.45) is 1.83. The molecule has 2 aromatic carbocycles. The Kier molecular flexibility index (Phi) is 5.54. The Balaban J connectivity index is 1.33. The molecule has 0 radical (unpaired) electrons. The third-order valence-corrected chi connectivity index (χ3v) is 6.87. The first-order valence-electron chi connectivity index (χ1n) is 11.1. The number of halogens is 1. The number of nitriles is 1. The molecule has 3 heterocycles. The summed E-state index contributed by atoms with van der Waals surface area (Å²) in [4.78, 5) is 20.4. The summed E-state index contributed by atoms with van der Waals surface area (Å²) < 4.78 is 0. The SMILES string of the molecule is Cc1cc(CN2CCN(c3ccc(C#N)cc3Cl)CC2)cc2[nH]c(=O)c3c(c12)NCCC3. The smallest absolute Gasteiger partial charge is 0.253 e. The van der Waals surface area contributed by atoms with Gasteiger partial charge in [0.25, 0.3) is 5.56 Å². The molecule has 164 valence electrons. The van der Waals surface area contributed by atoms with Gasteiger partial charge in [-0.05, 0) is 55.2 Å². The highest BCUT2D eigenvalue weighted by Crippen LogP contribution is 2.32. The molecule has 3 aromatic rings. The van der Waals surface area contributed by atoms with Gasteiger partial charge in [-0.1, -0.05) is 17.7 Å². The molecule has 1 saturated heterocycles. The highest BCUT2D eigenvalue weighted by Gasteiger charge is 2.21. The Morgan fingerprint density at radius 3 is 2.72 bits per heavy atom. The number of H-pyrrole nitrogens is 1. The highest BCUT2D eigenvalue weighted by molar-refractivity contribution is 6.33. The molecule has 0 saturated carbocycles. The van der Waals surface area contributed by atoms with E-state index in [0.717, 1.165) is 80.0 Å². The highest BCUT2D eigenvalue weighted by atomic mass is 35.5. The van der Waals surface area contributed by atoms with Crippen LogP contribution in [0, 0.1) is 18.3 Å². The molecule has 32 heavy (non-hydrogen) atoms. The molecule has 2 aliphatic heterocycles. The number of nitrogens with one attached hydrogen (secondary N) is 2. The van der Waals surface area contributed by atoms with Crippen LogP contribution in [-0.4, -0.2) is 42.6 Å². The number of pyridine rings is 1. The molecule has 0 unspecified atom stereocenters. The van der Waals surface area contributed by atoms with Crippen LogP contribution in [0.5, 0.6) is 0 Å². The number of fused-ring (bicyclic) bond motifs is 3. The molecule has 2 N–H and O–H groups in total. The maximum atomic E-state index is 12.6. The molecule has 0 spiro atoms. The fourth-order valence-electron chi connectivity index (χ4n) is 5.00. The number of aryl methyl sites for hydroxylation is 1. The average Bonchev–Trinajstić information content (AvgIpc) is 2.79. The molecule has 0 bridgehead atoms. The summed E-state index contributed by atoms with van der Waals surface area (Å²) in [5, 5.41) is 14.3. The molecule has 6 nitrogen and oxygen atoms in total. The normalized spacial score (nSPS) is 16.5. The number of aromatic nitrogens is 1. The number of piperazine rings is 1. The van der Waals surface area contributed by atoms with Crippen LogP contribution in [0.1, 0.15) is 28.7 Å². The quantitative estimate of drug-likeness (QED) is 0.633. The minimum atomic E-state index is 0.0316. The van der Waals surface area contributed by atoms with E-state index in [1.54, 1.807) is 6.07 Å². The lowest BCUT2D eigenvalue weighted by Crippen LogP contribution is -2.46. The van der Waals surface area contributed by atoms with Gasteiger partial charge in [-0.2, -0.15) is 5.26 Å². The molecule has 1 fully saturated rings. The fraction of sp³-hybridized carbons (Fsp3) is 0.360. The summed E-state index contributed by atoms with van der Waals surface area (Å²) in [5.41, 5.74) is 6.84. The second-order valence-corrected chi connectivity index (χ2v) is 9.12. The lowest BCUT2D eigenvalue weighted by atomic mass is 9.97. The van der Waals surface area contributed by atoms with Gasteiger partial charge >= 0.3 is 0 Å². The van der Waals surface area contributed by atoms with E-state index in [1.807, 2.05) is 12.1 Å². The zero-order valence-corrected chi connectivity index (χ0v) is 18.9. The van der Waals surface area contributed by atoms with E-state index in [2.05, 4.69) is 45.2 Å². The van der Waals surface area contributed by atoms with Crippen molar-refractivity contribution >= 4 is 33.9 Å². The number of benzene rings is 2. The van der Waals surface area contributed by atoms with Crippen LogP contribution in [0.2, 0.25) is 5.02 Å². The van der Waals surface area contributed by atoms with Crippen molar-refractivity contribution in [3.05, 3.63) is 68.0 Å². The molecule has 0 aliphatic carbocycles. The van der Waals surface area contributed by atoms with Crippen LogP contribution in [-0.2, 0) is 13.0 Å². The summed E-state index contributed by atoms with van der Waals surface area (Å²) in [6, 6.07) is 12.0. The van der Waals surface area contributed by atoms with E-state index in [9.17, 15) is 4.79 Å². The minimum Gasteiger partial charge on any atom is -0.384 e. The topological polar surface area (TPSA) is 75.2 Å². The first kappa shape index (κ1) is 20.9. The summed E-state index contributed by atoms with van der Waals surface area (Å²) in [6.45, 7) is 7.51. The Labute approximate surface area is 192 Å². The molecule has 1 aromatic heterocycles. The van der Waals surface area contributed by atoms with Crippen molar-refractivity contribution in [2.24, 2.45) is 0 Å². The largest absolute Gasteiger partial charge is 0.384 e. The molecule has 0 atom stereocenters. The molecule has 0 amide bonds. The Morgan fingerprint density at radius 2 is 1.97 bits per heavy atom. The number of hydrogen-bond acceptors (Lipinski definition) is 5. The van der Waals surface area contributed by atoms with Crippen LogP contribution in [0.3, 0.4) is 0 Å². The van der Waals surface area contributed by atoms with Gasteiger partial charge in [0.2, 0.25) is 0 Å². The van der Waals surface area contributed by atoms with Crippen molar-refractivity contribution in [2.45, 2.75) is 26.3 Å². The summed E-state index contributed by atoms with van der Waals surface area (Å²) in [7, 11) is 0. The maximum absolute atomic E-state index is 12.6. The lowest BCUT2D eigenvalue weighted by Gasteiger charge is -2.36. The predicted octanol–water partition coefficient (Wildman–Crippen LogP) is 4.04. The van der Waals surface area contributed by atoms with Crippen molar-refractivity contribution < 1.29 is 0 Å². The van der Waals surface area contributed by atoms with Crippen molar-refractivity contribution in [3.8, 4) is 6.07 Å². The van der Waals surface area contributed by atoms with Crippen LogP contribution in [0.15, 0.2) is 35.1 Å². The number of nitrogens with zero attached hydrogens (tertiary/aromatic N) is 3. The minimum absolute atomic E-state index is 0.0316. The monoisotopic (exact) mass is 447 g/mol. The van der Waals surface area contributed by atoms with Crippen LogP contribution < -0.4 is 15.8 Å². The van der Waals surface area contributed by atoms with Gasteiger partial charge in [0.05, 0.1) is 33.5 Å². The summed E-state index contributed by atoms with van der Waals surface area (Å²) in [5.74, 6) is 0. The molecular weight excluding hydrogens is 422 g/mol. The standard InChI is InChI=1S/C25H26ClN5O/c1-16-11-18(13-21-23(16)24-19(25(32)29-21)3-2-6-28-24)15-30-7-9-31(10-8-30)22-5-4-17(14-27)12-20(22)26/h4-5,11-13,28H,2-3,6-10,15H2,1H3,(H,29,32). The first-order chi connectivity index (χ1) is 15.5. The molecule has 2 aliphatic rings. The van der Waals surface area contributed by atoms with E-state index >= 15 is 0 Å². The number of anilines is 2. The van der Waals surface area contributed by atoms with Crippen molar-refractivity contribution in [1.82, 2.24) is 9.88 Å². The van der Waals surface area contributed by atoms with Gasteiger partial charge < -0.3 is 15.2 Å². The Morgan fingerprint density at radius 1 is 1.16 bits per heavy atom. The van der Waals surface area contributed by atoms with Gasteiger partial charge in [-0.25, -0.2) is 0 Å². The van der Waals surface area contributed by atoms with Gasteiger partial charge in [0.1, 0.15) is 0 Å². The molecule has 5 rings (SSSR count). The number of hydrogen-bond donors (Lipinski definition) is 2. The third-order valence-electron chi connectivity index (χ3n) is 6.57. The third kappa shape index (κ3) is 3.83. The Bertz CT molecular complexity index is 1280. The van der Waals surface area contributed by atoms with Crippen LogP contribution in [0.4, 0.5) is 11.4 Å². The van der Waals surface area contributed by atoms with E-state index in [0.29, 0.717) is 10.6 Å². The van der Waals surface area contributed by atoms with E-state index in [4.69, 9.17) is 16.9 Å². The van der Waals surface area contributed by atoms with Crippen LogP contribution in [0.25, 0.3) is 10.9 Å². The second kappa shape index (κ2) is 8.50. The first-order valence-corrected chi connectivity index (χ1v) is 11.5. The fourth-order valence-corrected chi connectivity index (χ4v) is 5.30. The summed E-state index contributed by atoms with van der Waals surface area (Å²) >= 11 is 6.40. The number of aromatic amines is 1. The van der Waals surface area contributed by atoms with Crippen molar-refractivity contribution in [1.29, 1.82) is 5.26 Å². The van der Waals surface area contributed by atoms with E-state index < -0.39 is 0 Å². The maximum Gasteiger partial charge on any atom is 0.253 e. The van der Waals surface area contributed by atoms with Crippen molar-refractivity contribution in [2.75, 3.05) is 42.9 Å². The van der Waals surface area contributed by atoms with Gasteiger partial charge in [0, 0.05) is 50.2 Å². The van der Waals surface area contributed by atoms with Gasteiger partial charge in [0.15, 0.2) is 0 Å². The average molecular weight is 448 g/mol. The van der Waals surface area contributed by atoms with Crippen LogP contribution >= 0.6 is 11.6 Å². The predicted molar refractivity (Wildman–Crippen MR) is 130 cm³/mol. The Hall–Kier alpha value is -3.01. The second-order valence-electron chi connectivity index (χ2n) is 8.71. The molecular formula is C25H26ClN5O. The molecule has 7 heteroatoms. The van der Waals surface area contributed by atoms with Gasteiger partial charge in [-0.15, -0.1) is 0 Å².